The quantitative estimate of drug-likeness (QED) is 0.586. The number of hydrogen-bond donors (Lipinski definition) is 0. The molecular formula is C4H2NO2Re-. The predicted octanol–water partition coefficient (Wildman–Crippen LogP) is -0.0194. The standard InChI is InChI=1S/C4H3NO2.Re/c6-3-1-2-4(7)5-3;/h1-2H,(H,5,6,7);/p-1. The van der Waals surface area contributed by atoms with Crippen molar-refractivity contribution in [1.29, 1.82) is 0 Å². The van der Waals surface area contributed by atoms with Gasteiger partial charge in [0.2, 0.25) is 0 Å². The number of rotatable bonds is 0. The van der Waals surface area contributed by atoms with Crippen LogP contribution in [0.2, 0.25) is 0 Å². The molecule has 8 heavy (non-hydrogen) atoms. The van der Waals surface area contributed by atoms with Crippen LogP contribution in [0, 0.1) is 0 Å². The molecule has 0 bridgehead atoms. The maximum atomic E-state index is 9.98. The minimum absolute atomic E-state index is 0. The van der Waals surface area contributed by atoms with Gasteiger partial charge in [-0.05, 0) is 12.2 Å². The van der Waals surface area contributed by atoms with Crippen molar-refractivity contribution >= 4 is 11.8 Å². The van der Waals surface area contributed by atoms with Crippen molar-refractivity contribution in [2.75, 3.05) is 0 Å². The number of carbonyl (C=O) groups is 2. The number of nitrogens with zero attached hydrogens (tertiary/aromatic N) is 1. The van der Waals surface area contributed by atoms with E-state index in [4.69, 9.17) is 0 Å². The number of hydrogen-bond acceptors (Lipinski definition) is 2. The first-order valence-electron chi connectivity index (χ1n) is 1.77. The monoisotopic (exact) mass is 283 g/mol. The Morgan fingerprint density at radius 3 is 1.62 bits per heavy atom. The van der Waals surface area contributed by atoms with E-state index >= 15 is 0 Å². The molecule has 1 rings (SSSR count). The van der Waals surface area contributed by atoms with Crippen molar-refractivity contribution in [1.82, 2.24) is 0 Å². The molecule has 0 N–H and O–H groups in total. The first-order chi connectivity index (χ1) is 3.29. The topological polar surface area (TPSA) is 48.2 Å². The number of amides is 2. The maximum Gasteiger partial charge on any atom is 0.0803 e. The maximum absolute atomic E-state index is 9.98. The third-order valence-corrected chi connectivity index (χ3v) is 0.589. The summed E-state index contributed by atoms with van der Waals surface area (Å²) in [5.74, 6) is -0.907. The van der Waals surface area contributed by atoms with Crippen LogP contribution in [0.25, 0.3) is 5.32 Å². The molecule has 3 nitrogen and oxygen atoms in total. The Labute approximate surface area is 59.8 Å². The van der Waals surface area contributed by atoms with Crippen molar-refractivity contribution in [3.05, 3.63) is 17.5 Å². The molecule has 0 unspecified atom stereocenters. The summed E-state index contributed by atoms with van der Waals surface area (Å²) in [7, 11) is 0. The minimum Gasteiger partial charge on any atom is -0.589 e. The van der Waals surface area contributed by atoms with E-state index in [0.29, 0.717) is 0 Å². The smallest absolute Gasteiger partial charge is 0.0803 e. The van der Waals surface area contributed by atoms with Gasteiger partial charge in [-0.25, -0.2) is 0 Å². The number of imide groups is 1. The van der Waals surface area contributed by atoms with Gasteiger partial charge in [0.15, 0.2) is 0 Å². The van der Waals surface area contributed by atoms with Crippen LogP contribution < -0.4 is 0 Å². The van der Waals surface area contributed by atoms with Crippen LogP contribution in [-0.2, 0) is 30.0 Å². The Kier molecular flexibility index (Phi) is 2.60. The zero-order chi connectivity index (χ0) is 5.28. The molecule has 1 radical (unpaired) electrons. The average Bonchev–Trinajstić information content (AvgIpc) is 1.87. The van der Waals surface area contributed by atoms with Gasteiger partial charge in [0.25, 0.3) is 0 Å². The van der Waals surface area contributed by atoms with Gasteiger partial charge in [-0.3, -0.25) is 0 Å². The van der Waals surface area contributed by atoms with E-state index in [0.717, 1.165) is 12.2 Å². The van der Waals surface area contributed by atoms with Crippen molar-refractivity contribution in [2.45, 2.75) is 0 Å². The normalized spacial score (nSPS) is 15.5. The van der Waals surface area contributed by atoms with E-state index in [2.05, 4.69) is 5.32 Å². The molecule has 0 fully saturated rings. The van der Waals surface area contributed by atoms with Crippen LogP contribution >= 0.6 is 0 Å². The Bertz CT molecular complexity index is 136. The molecule has 1 heterocycles. The second kappa shape index (κ2) is 2.75. The van der Waals surface area contributed by atoms with E-state index in [-0.39, 0.29) is 20.4 Å². The third kappa shape index (κ3) is 1.57. The zero-order valence-electron chi connectivity index (χ0n) is 3.80. The van der Waals surface area contributed by atoms with Crippen molar-refractivity contribution in [2.24, 2.45) is 0 Å². The van der Waals surface area contributed by atoms with Gasteiger partial charge < -0.3 is 14.9 Å². The summed E-state index contributed by atoms with van der Waals surface area (Å²) >= 11 is 0. The molecule has 43 valence electrons. The van der Waals surface area contributed by atoms with Crippen LogP contribution in [0.4, 0.5) is 0 Å². The fourth-order valence-corrected chi connectivity index (χ4v) is 0.326. The second-order valence-corrected chi connectivity index (χ2v) is 1.12. The molecule has 1 aliphatic rings. The fraction of sp³-hybridized carbons (Fsp3) is 0. The molecule has 0 spiro atoms. The van der Waals surface area contributed by atoms with Gasteiger partial charge in [-0.1, -0.05) is 0 Å². The van der Waals surface area contributed by atoms with E-state index in [1.54, 1.807) is 0 Å². The van der Waals surface area contributed by atoms with Gasteiger partial charge in [-0.2, -0.15) is 0 Å². The summed E-state index contributed by atoms with van der Waals surface area (Å²) in [4.78, 5) is 20.0. The predicted molar refractivity (Wildman–Crippen MR) is 22.5 cm³/mol. The molecule has 1 aliphatic heterocycles. The molecule has 4 heteroatoms. The average molecular weight is 282 g/mol. The summed E-state index contributed by atoms with van der Waals surface area (Å²) in [6.07, 6.45) is 2.28. The Balaban J connectivity index is 0.000000490. The summed E-state index contributed by atoms with van der Waals surface area (Å²) in [5, 5.41) is 3.00. The third-order valence-electron chi connectivity index (χ3n) is 0.589. The summed E-state index contributed by atoms with van der Waals surface area (Å²) in [6, 6.07) is 0. The van der Waals surface area contributed by atoms with E-state index in [9.17, 15) is 9.59 Å². The molecule has 0 aromatic carbocycles. The molecule has 0 saturated carbocycles. The van der Waals surface area contributed by atoms with Gasteiger partial charge in [0, 0.05) is 20.4 Å². The molecule has 0 saturated heterocycles. The summed E-state index contributed by atoms with van der Waals surface area (Å²) in [5.41, 5.74) is 0. The van der Waals surface area contributed by atoms with E-state index in [1.165, 1.54) is 0 Å². The van der Waals surface area contributed by atoms with E-state index in [1.807, 2.05) is 0 Å². The van der Waals surface area contributed by atoms with Crippen molar-refractivity contribution in [3.63, 3.8) is 0 Å². The van der Waals surface area contributed by atoms with Crippen LogP contribution in [-0.4, -0.2) is 11.8 Å². The molecule has 0 aliphatic carbocycles. The molecule has 0 aromatic rings. The van der Waals surface area contributed by atoms with Gasteiger partial charge >= 0.3 is 0 Å². The minimum atomic E-state index is -0.454. The molecule has 2 amide bonds. The van der Waals surface area contributed by atoms with Gasteiger partial charge in [0.05, 0.1) is 11.8 Å². The van der Waals surface area contributed by atoms with Gasteiger partial charge in [0.1, 0.15) is 0 Å². The molecule has 0 atom stereocenters. The van der Waals surface area contributed by atoms with Crippen LogP contribution in [0.5, 0.6) is 0 Å². The van der Waals surface area contributed by atoms with Crippen LogP contribution in [0.3, 0.4) is 0 Å². The number of carbonyl (C=O) groups excluding carboxylic acids is 2. The molecular weight excluding hydrogens is 280 g/mol. The fourth-order valence-electron chi connectivity index (χ4n) is 0.326. The largest absolute Gasteiger partial charge is 0.589 e. The Hall–Kier alpha value is -0.458. The summed E-state index contributed by atoms with van der Waals surface area (Å²) in [6.45, 7) is 0. The Morgan fingerprint density at radius 1 is 1.12 bits per heavy atom. The Morgan fingerprint density at radius 2 is 1.50 bits per heavy atom. The SMILES string of the molecule is O=C1C=CC(=O)[N-]1.[Re]. The molecule has 0 aromatic heterocycles. The van der Waals surface area contributed by atoms with Crippen molar-refractivity contribution in [3.8, 4) is 0 Å². The first-order valence-corrected chi connectivity index (χ1v) is 1.77. The first kappa shape index (κ1) is 7.54. The van der Waals surface area contributed by atoms with Crippen LogP contribution in [0.15, 0.2) is 12.2 Å². The zero-order valence-corrected chi connectivity index (χ0v) is 6.51. The van der Waals surface area contributed by atoms with E-state index < -0.39 is 11.8 Å². The summed E-state index contributed by atoms with van der Waals surface area (Å²) < 4.78 is 0. The second-order valence-electron chi connectivity index (χ2n) is 1.12. The van der Waals surface area contributed by atoms with Gasteiger partial charge in [-0.15, -0.1) is 0 Å². The van der Waals surface area contributed by atoms with Crippen LogP contribution in [0.1, 0.15) is 0 Å². The van der Waals surface area contributed by atoms with Crippen molar-refractivity contribution < 1.29 is 30.0 Å².